The first-order valence-electron chi connectivity index (χ1n) is 9.25. The summed E-state index contributed by atoms with van der Waals surface area (Å²) in [5.41, 5.74) is 4.48. The molecule has 7 heteroatoms. The van der Waals surface area contributed by atoms with Crippen LogP contribution in [0.2, 0.25) is 0 Å². The molecule has 0 aliphatic carbocycles. The lowest BCUT2D eigenvalue weighted by Gasteiger charge is -2.18. The standard InChI is InChI=1S/C20H23N5O2/c1-25(20(26)19-16-13-21-10-9-17(16)22-23-19)11-5-8-15-12-18(24-27-15)14-6-3-2-4-7-14/h2-4,6-7,12,21H,5,8-11,13H2,1H3,(H,22,23). The van der Waals surface area contributed by atoms with E-state index in [1.165, 1.54) is 0 Å². The van der Waals surface area contributed by atoms with Crippen LogP contribution in [0, 0.1) is 0 Å². The highest BCUT2D eigenvalue weighted by atomic mass is 16.5. The summed E-state index contributed by atoms with van der Waals surface area (Å²) < 4.78 is 5.43. The fourth-order valence-electron chi connectivity index (χ4n) is 3.35. The number of hydrogen-bond acceptors (Lipinski definition) is 5. The summed E-state index contributed by atoms with van der Waals surface area (Å²) in [5.74, 6) is 0.787. The molecule has 1 aliphatic rings. The van der Waals surface area contributed by atoms with E-state index in [1.54, 1.807) is 4.90 Å². The second-order valence-corrected chi connectivity index (χ2v) is 6.83. The van der Waals surface area contributed by atoms with Crippen LogP contribution in [0.25, 0.3) is 11.3 Å². The van der Waals surface area contributed by atoms with Gasteiger partial charge in [0, 0.05) is 62.4 Å². The van der Waals surface area contributed by atoms with E-state index in [2.05, 4.69) is 20.7 Å². The van der Waals surface area contributed by atoms with Gasteiger partial charge in [0.25, 0.3) is 5.91 Å². The molecule has 4 rings (SSSR count). The highest BCUT2D eigenvalue weighted by Crippen LogP contribution is 2.20. The van der Waals surface area contributed by atoms with Gasteiger partial charge in [-0.2, -0.15) is 5.10 Å². The number of rotatable bonds is 6. The summed E-state index contributed by atoms with van der Waals surface area (Å²) in [6.45, 7) is 2.25. The first-order chi connectivity index (χ1) is 13.2. The average Bonchev–Trinajstić information content (AvgIpc) is 3.35. The largest absolute Gasteiger partial charge is 0.361 e. The zero-order valence-electron chi connectivity index (χ0n) is 15.4. The first kappa shape index (κ1) is 17.5. The van der Waals surface area contributed by atoms with Gasteiger partial charge in [0.15, 0.2) is 5.69 Å². The molecule has 3 aromatic rings. The number of benzene rings is 1. The minimum atomic E-state index is -0.0428. The molecule has 3 heterocycles. The normalized spacial score (nSPS) is 13.4. The van der Waals surface area contributed by atoms with Gasteiger partial charge in [-0.25, -0.2) is 0 Å². The van der Waals surface area contributed by atoms with Gasteiger partial charge in [-0.15, -0.1) is 0 Å². The molecule has 140 valence electrons. The molecule has 0 radical (unpaired) electrons. The Kier molecular flexibility index (Phi) is 5.02. The SMILES string of the molecule is CN(CCCc1cc(-c2ccccc2)no1)C(=O)c1n[nH]c2c1CNCC2. The summed E-state index contributed by atoms with van der Waals surface area (Å²) in [4.78, 5) is 14.4. The third-order valence-corrected chi connectivity index (χ3v) is 4.90. The second-order valence-electron chi connectivity index (χ2n) is 6.83. The predicted octanol–water partition coefficient (Wildman–Crippen LogP) is 2.42. The number of carbonyl (C=O) groups is 1. The van der Waals surface area contributed by atoms with Crippen molar-refractivity contribution < 1.29 is 9.32 Å². The Morgan fingerprint density at radius 1 is 1.30 bits per heavy atom. The van der Waals surface area contributed by atoms with Gasteiger partial charge >= 0.3 is 0 Å². The first-order valence-corrected chi connectivity index (χ1v) is 9.25. The number of carbonyl (C=O) groups excluding carboxylic acids is 1. The van der Waals surface area contributed by atoms with Crippen molar-refractivity contribution in [2.24, 2.45) is 0 Å². The molecule has 0 fully saturated rings. The van der Waals surface area contributed by atoms with Gasteiger partial charge < -0.3 is 14.7 Å². The van der Waals surface area contributed by atoms with Crippen molar-refractivity contribution in [3.05, 3.63) is 59.1 Å². The van der Waals surface area contributed by atoms with Gasteiger partial charge in [0.05, 0.1) is 0 Å². The molecule has 27 heavy (non-hydrogen) atoms. The number of fused-ring (bicyclic) bond motifs is 1. The maximum absolute atomic E-state index is 12.7. The predicted molar refractivity (Wildman–Crippen MR) is 101 cm³/mol. The Balaban J connectivity index is 1.32. The van der Waals surface area contributed by atoms with E-state index in [0.29, 0.717) is 18.8 Å². The Morgan fingerprint density at radius 2 is 2.15 bits per heavy atom. The smallest absolute Gasteiger partial charge is 0.274 e. The number of aromatic amines is 1. The van der Waals surface area contributed by atoms with Crippen molar-refractivity contribution in [1.29, 1.82) is 0 Å². The summed E-state index contributed by atoms with van der Waals surface area (Å²) >= 11 is 0. The lowest BCUT2D eigenvalue weighted by molar-refractivity contribution is 0.0785. The van der Waals surface area contributed by atoms with Crippen molar-refractivity contribution in [1.82, 2.24) is 25.6 Å². The highest BCUT2D eigenvalue weighted by molar-refractivity contribution is 5.93. The average molecular weight is 365 g/mol. The molecule has 7 nitrogen and oxygen atoms in total. The van der Waals surface area contributed by atoms with E-state index < -0.39 is 0 Å². The lowest BCUT2D eigenvalue weighted by Crippen LogP contribution is -2.31. The molecule has 0 unspecified atom stereocenters. The molecule has 0 atom stereocenters. The molecule has 0 saturated heterocycles. The molecule has 1 aliphatic heterocycles. The number of amides is 1. The fourth-order valence-corrected chi connectivity index (χ4v) is 3.35. The van der Waals surface area contributed by atoms with E-state index in [9.17, 15) is 4.79 Å². The van der Waals surface area contributed by atoms with Crippen molar-refractivity contribution in [3.8, 4) is 11.3 Å². The van der Waals surface area contributed by atoms with Gasteiger partial charge in [-0.3, -0.25) is 9.89 Å². The Hall–Kier alpha value is -2.93. The van der Waals surface area contributed by atoms with Crippen LogP contribution in [0.5, 0.6) is 0 Å². The quantitative estimate of drug-likeness (QED) is 0.700. The molecule has 0 spiro atoms. The summed E-state index contributed by atoms with van der Waals surface area (Å²) in [7, 11) is 1.81. The van der Waals surface area contributed by atoms with Crippen molar-refractivity contribution >= 4 is 5.91 Å². The van der Waals surface area contributed by atoms with Crippen molar-refractivity contribution in [2.75, 3.05) is 20.1 Å². The maximum Gasteiger partial charge on any atom is 0.274 e. The van der Waals surface area contributed by atoms with Crippen LogP contribution in [0.1, 0.15) is 33.9 Å². The zero-order valence-corrected chi connectivity index (χ0v) is 15.4. The number of H-pyrrole nitrogens is 1. The van der Waals surface area contributed by atoms with Gasteiger partial charge in [-0.05, 0) is 6.42 Å². The van der Waals surface area contributed by atoms with Crippen LogP contribution in [-0.4, -0.2) is 46.3 Å². The summed E-state index contributed by atoms with van der Waals surface area (Å²) in [6.07, 6.45) is 2.42. The van der Waals surface area contributed by atoms with Crippen LogP contribution in [0.3, 0.4) is 0 Å². The highest BCUT2D eigenvalue weighted by Gasteiger charge is 2.23. The number of nitrogens with one attached hydrogen (secondary N) is 2. The number of aryl methyl sites for hydroxylation is 1. The Bertz CT molecular complexity index is 916. The van der Waals surface area contributed by atoms with E-state index in [0.717, 1.165) is 54.1 Å². The minimum Gasteiger partial charge on any atom is -0.361 e. The van der Waals surface area contributed by atoms with Gasteiger partial charge in [-0.1, -0.05) is 35.5 Å². The molecule has 1 amide bonds. The molecular formula is C20H23N5O2. The van der Waals surface area contributed by atoms with Gasteiger partial charge in [0.1, 0.15) is 11.5 Å². The molecular weight excluding hydrogens is 342 g/mol. The van der Waals surface area contributed by atoms with Crippen LogP contribution < -0.4 is 5.32 Å². The van der Waals surface area contributed by atoms with E-state index in [-0.39, 0.29) is 5.91 Å². The summed E-state index contributed by atoms with van der Waals surface area (Å²) in [5, 5.41) is 14.7. The van der Waals surface area contributed by atoms with Crippen molar-refractivity contribution in [2.45, 2.75) is 25.8 Å². The topological polar surface area (TPSA) is 87.1 Å². The van der Waals surface area contributed by atoms with Crippen molar-refractivity contribution in [3.63, 3.8) is 0 Å². The fraction of sp³-hybridized carbons (Fsp3) is 0.350. The number of nitrogens with zero attached hydrogens (tertiary/aromatic N) is 3. The molecule has 1 aromatic carbocycles. The monoisotopic (exact) mass is 365 g/mol. The van der Waals surface area contributed by atoms with Crippen LogP contribution in [0.4, 0.5) is 0 Å². The minimum absolute atomic E-state index is 0.0428. The van der Waals surface area contributed by atoms with Crippen LogP contribution >= 0.6 is 0 Å². The molecule has 2 N–H and O–H groups in total. The molecule has 0 bridgehead atoms. The number of hydrogen-bond donors (Lipinski definition) is 2. The van der Waals surface area contributed by atoms with E-state index in [1.807, 2.05) is 43.4 Å². The third kappa shape index (κ3) is 3.78. The van der Waals surface area contributed by atoms with Gasteiger partial charge in [0.2, 0.25) is 0 Å². The third-order valence-electron chi connectivity index (χ3n) is 4.90. The molecule has 2 aromatic heterocycles. The van der Waals surface area contributed by atoms with E-state index >= 15 is 0 Å². The molecule has 0 saturated carbocycles. The maximum atomic E-state index is 12.7. The van der Waals surface area contributed by atoms with Crippen LogP contribution in [-0.2, 0) is 19.4 Å². The summed E-state index contributed by atoms with van der Waals surface area (Å²) in [6, 6.07) is 11.9. The number of aromatic nitrogens is 3. The zero-order chi connectivity index (χ0) is 18.6. The lowest BCUT2D eigenvalue weighted by atomic mass is 10.1. The Morgan fingerprint density at radius 3 is 3.00 bits per heavy atom. The van der Waals surface area contributed by atoms with Crippen LogP contribution in [0.15, 0.2) is 40.9 Å². The Labute approximate surface area is 157 Å². The van der Waals surface area contributed by atoms with E-state index in [4.69, 9.17) is 4.52 Å². The second kappa shape index (κ2) is 7.75.